The molecular formula is C16H16N4O3. The molecule has 0 aliphatic rings. The third kappa shape index (κ3) is 4.37. The Morgan fingerprint density at radius 3 is 2.39 bits per heavy atom. The van der Waals surface area contributed by atoms with Gasteiger partial charge in [-0.15, -0.1) is 0 Å². The van der Waals surface area contributed by atoms with Gasteiger partial charge in [0.05, 0.1) is 11.3 Å². The predicted molar refractivity (Wildman–Crippen MR) is 84.5 cm³/mol. The van der Waals surface area contributed by atoms with Gasteiger partial charge in [0.15, 0.2) is 0 Å². The minimum Gasteiger partial charge on any atom is -0.351 e. The number of amides is 3. The summed E-state index contributed by atoms with van der Waals surface area (Å²) in [4.78, 5) is 39.1. The molecule has 1 aromatic carbocycles. The van der Waals surface area contributed by atoms with Crippen molar-refractivity contribution in [1.29, 1.82) is 0 Å². The lowest BCUT2D eigenvalue weighted by Gasteiger charge is -2.11. The first-order valence-corrected chi connectivity index (χ1v) is 6.91. The summed E-state index contributed by atoms with van der Waals surface area (Å²) in [5.74, 6) is -1.96. The summed E-state index contributed by atoms with van der Waals surface area (Å²) in [5, 5.41) is 7.39. The number of carbonyl (C=O) groups excluding carboxylic acids is 3. The summed E-state index contributed by atoms with van der Waals surface area (Å²) in [6, 6.07) is 10.1. The van der Waals surface area contributed by atoms with Crippen LogP contribution in [0.5, 0.6) is 0 Å². The molecule has 2 rings (SSSR count). The summed E-state index contributed by atoms with van der Waals surface area (Å²) >= 11 is 0. The Morgan fingerprint density at radius 2 is 1.70 bits per heavy atom. The zero-order valence-electron chi connectivity index (χ0n) is 12.5. The van der Waals surface area contributed by atoms with Crippen LogP contribution in [0.15, 0.2) is 48.8 Å². The molecule has 0 aliphatic heterocycles. The summed E-state index contributed by atoms with van der Waals surface area (Å²) in [7, 11) is 1.36. The topological polar surface area (TPSA) is 100 Å². The summed E-state index contributed by atoms with van der Waals surface area (Å²) in [6.07, 6.45) is 3.28. The molecule has 0 radical (unpaired) electrons. The standard InChI is InChI=1S/C16H16N4O3/c1-17-15(22)16(23)20-13-5-3-2-4-12(13)14(21)19-10-11-6-8-18-9-7-11/h2-9H,10H2,1H3,(H,17,22)(H,19,21)(H,20,23). The van der Waals surface area contributed by atoms with Gasteiger partial charge in [0, 0.05) is 26.0 Å². The van der Waals surface area contributed by atoms with Crippen LogP contribution in [0.2, 0.25) is 0 Å². The Labute approximate surface area is 133 Å². The highest BCUT2D eigenvalue weighted by atomic mass is 16.2. The van der Waals surface area contributed by atoms with E-state index in [1.165, 1.54) is 7.05 Å². The first-order chi connectivity index (χ1) is 11.1. The van der Waals surface area contributed by atoms with Gasteiger partial charge in [-0.3, -0.25) is 19.4 Å². The molecule has 23 heavy (non-hydrogen) atoms. The van der Waals surface area contributed by atoms with Crippen LogP contribution >= 0.6 is 0 Å². The quantitative estimate of drug-likeness (QED) is 0.723. The van der Waals surface area contributed by atoms with Gasteiger partial charge in [0.2, 0.25) is 0 Å². The van der Waals surface area contributed by atoms with Crippen molar-refractivity contribution < 1.29 is 14.4 Å². The highest BCUT2D eigenvalue weighted by Gasteiger charge is 2.16. The van der Waals surface area contributed by atoms with Crippen molar-refractivity contribution in [3.63, 3.8) is 0 Å². The molecule has 0 spiro atoms. The molecule has 0 saturated heterocycles. The number of hydrogen-bond donors (Lipinski definition) is 3. The largest absolute Gasteiger partial charge is 0.351 e. The van der Waals surface area contributed by atoms with E-state index in [0.29, 0.717) is 6.54 Å². The van der Waals surface area contributed by atoms with Crippen LogP contribution in [0, 0.1) is 0 Å². The maximum absolute atomic E-state index is 12.3. The van der Waals surface area contributed by atoms with Crippen molar-refractivity contribution in [3.05, 3.63) is 59.9 Å². The van der Waals surface area contributed by atoms with Crippen LogP contribution in [0.3, 0.4) is 0 Å². The number of benzene rings is 1. The van der Waals surface area contributed by atoms with Crippen LogP contribution in [-0.4, -0.2) is 29.8 Å². The number of likely N-dealkylation sites (N-methyl/N-ethyl adjacent to an activating group) is 1. The fourth-order valence-corrected chi connectivity index (χ4v) is 1.86. The molecule has 0 atom stereocenters. The Hall–Kier alpha value is -3.22. The van der Waals surface area contributed by atoms with Gasteiger partial charge >= 0.3 is 11.8 Å². The van der Waals surface area contributed by atoms with Gasteiger partial charge in [-0.05, 0) is 29.8 Å². The number of hydrogen-bond acceptors (Lipinski definition) is 4. The zero-order chi connectivity index (χ0) is 16.7. The van der Waals surface area contributed by atoms with Crippen molar-refractivity contribution in [2.75, 3.05) is 12.4 Å². The van der Waals surface area contributed by atoms with E-state index in [4.69, 9.17) is 0 Å². The molecule has 7 nitrogen and oxygen atoms in total. The molecular weight excluding hydrogens is 296 g/mol. The number of anilines is 1. The maximum Gasteiger partial charge on any atom is 0.313 e. The monoisotopic (exact) mass is 312 g/mol. The van der Waals surface area contributed by atoms with Gasteiger partial charge in [-0.25, -0.2) is 0 Å². The Bertz CT molecular complexity index is 716. The summed E-state index contributed by atoms with van der Waals surface area (Å²) < 4.78 is 0. The third-order valence-corrected chi connectivity index (χ3v) is 3.06. The normalized spacial score (nSPS) is 9.78. The molecule has 0 saturated carbocycles. The van der Waals surface area contributed by atoms with Crippen LogP contribution in [0.25, 0.3) is 0 Å². The second-order valence-corrected chi connectivity index (χ2v) is 4.62. The molecule has 3 amide bonds. The first-order valence-electron chi connectivity index (χ1n) is 6.91. The molecule has 0 aliphatic carbocycles. The molecule has 7 heteroatoms. The van der Waals surface area contributed by atoms with Gasteiger partial charge in [-0.2, -0.15) is 0 Å². The van der Waals surface area contributed by atoms with Crippen LogP contribution < -0.4 is 16.0 Å². The Balaban J connectivity index is 2.08. The molecule has 3 N–H and O–H groups in total. The highest BCUT2D eigenvalue weighted by Crippen LogP contribution is 2.15. The second-order valence-electron chi connectivity index (χ2n) is 4.62. The predicted octanol–water partition coefficient (Wildman–Crippen LogP) is 0.696. The lowest BCUT2D eigenvalue weighted by Crippen LogP contribution is -2.33. The minimum atomic E-state index is -0.832. The van der Waals surface area contributed by atoms with E-state index in [0.717, 1.165) is 5.56 Å². The van der Waals surface area contributed by atoms with E-state index < -0.39 is 11.8 Å². The average molecular weight is 312 g/mol. The second kappa shape index (κ2) is 7.69. The van der Waals surface area contributed by atoms with Gasteiger partial charge < -0.3 is 16.0 Å². The smallest absolute Gasteiger partial charge is 0.313 e. The van der Waals surface area contributed by atoms with E-state index in [1.807, 2.05) is 0 Å². The van der Waals surface area contributed by atoms with E-state index >= 15 is 0 Å². The number of nitrogens with one attached hydrogen (secondary N) is 3. The number of rotatable bonds is 4. The minimum absolute atomic E-state index is 0.272. The third-order valence-electron chi connectivity index (χ3n) is 3.06. The van der Waals surface area contributed by atoms with Crippen molar-refractivity contribution >= 4 is 23.4 Å². The number of aromatic nitrogens is 1. The van der Waals surface area contributed by atoms with Crippen LogP contribution in [0.1, 0.15) is 15.9 Å². The average Bonchev–Trinajstić information content (AvgIpc) is 2.60. The van der Waals surface area contributed by atoms with Crippen LogP contribution in [0.4, 0.5) is 5.69 Å². The van der Waals surface area contributed by atoms with Gasteiger partial charge in [0.1, 0.15) is 0 Å². The van der Waals surface area contributed by atoms with Crippen molar-refractivity contribution in [2.45, 2.75) is 6.54 Å². The zero-order valence-corrected chi connectivity index (χ0v) is 12.5. The Morgan fingerprint density at radius 1 is 1.00 bits per heavy atom. The van der Waals surface area contributed by atoms with Crippen molar-refractivity contribution in [2.24, 2.45) is 0 Å². The maximum atomic E-state index is 12.3. The van der Waals surface area contributed by atoms with E-state index in [1.54, 1.807) is 48.8 Å². The molecule has 1 aromatic heterocycles. The van der Waals surface area contributed by atoms with E-state index in [2.05, 4.69) is 20.9 Å². The molecule has 2 aromatic rings. The number of carbonyl (C=O) groups is 3. The number of nitrogens with zero attached hydrogens (tertiary/aromatic N) is 1. The summed E-state index contributed by atoms with van der Waals surface area (Å²) in [5.41, 5.74) is 1.45. The number of pyridine rings is 1. The fourth-order valence-electron chi connectivity index (χ4n) is 1.86. The molecule has 1 heterocycles. The lowest BCUT2D eigenvalue weighted by atomic mass is 10.1. The van der Waals surface area contributed by atoms with Crippen molar-refractivity contribution in [1.82, 2.24) is 15.6 Å². The van der Waals surface area contributed by atoms with Gasteiger partial charge in [-0.1, -0.05) is 12.1 Å². The lowest BCUT2D eigenvalue weighted by molar-refractivity contribution is -0.135. The van der Waals surface area contributed by atoms with Gasteiger partial charge in [0.25, 0.3) is 5.91 Å². The van der Waals surface area contributed by atoms with Crippen LogP contribution in [-0.2, 0) is 16.1 Å². The molecule has 0 unspecified atom stereocenters. The SMILES string of the molecule is CNC(=O)C(=O)Nc1ccccc1C(=O)NCc1ccncc1. The van der Waals surface area contributed by atoms with E-state index in [-0.39, 0.29) is 17.2 Å². The molecule has 0 fully saturated rings. The Kier molecular flexibility index (Phi) is 5.40. The van der Waals surface area contributed by atoms with Crippen molar-refractivity contribution in [3.8, 4) is 0 Å². The number of para-hydroxylation sites is 1. The molecule has 118 valence electrons. The highest BCUT2D eigenvalue weighted by molar-refractivity contribution is 6.39. The molecule has 0 bridgehead atoms. The van der Waals surface area contributed by atoms with E-state index in [9.17, 15) is 14.4 Å². The summed E-state index contributed by atoms with van der Waals surface area (Å²) in [6.45, 7) is 0.332. The fraction of sp³-hybridized carbons (Fsp3) is 0.125. The first kappa shape index (κ1) is 16.2.